The summed E-state index contributed by atoms with van der Waals surface area (Å²) in [4.78, 5) is 37.2. The molecule has 190 valence electrons. The molecule has 0 saturated carbocycles. The minimum absolute atomic E-state index is 0.0429. The number of hydrogen-bond donors (Lipinski definition) is 4. The number of aromatic hydroxyl groups is 1. The largest absolute Gasteiger partial charge is 0.505 e. The summed E-state index contributed by atoms with van der Waals surface area (Å²) in [5.74, 6) is -2.47. The Morgan fingerprint density at radius 3 is 2.49 bits per heavy atom. The van der Waals surface area contributed by atoms with E-state index in [0.717, 1.165) is 24.9 Å². The Balaban J connectivity index is 2.19. The van der Waals surface area contributed by atoms with E-state index in [4.69, 9.17) is 27.9 Å². The first-order valence-corrected chi connectivity index (χ1v) is 11.7. The third-order valence-corrected chi connectivity index (χ3v) is 5.63. The maximum Gasteiger partial charge on any atom is 0.325 e. The smallest absolute Gasteiger partial charge is 0.325 e. The number of halogens is 2. The van der Waals surface area contributed by atoms with Crippen LogP contribution in [0.1, 0.15) is 28.8 Å². The van der Waals surface area contributed by atoms with Crippen LogP contribution < -0.4 is 20.7 Å². The van der Waals surface area contributed by atoms with Crippen LogP contribution in [0.4, 0.5) is 0 Å². The summed E-state index contributed by atoms with van der Waals surface area (Å²) in [6, 6.07) is 9.16. The molecule has 0 unspecified atom stereocenters. The second-order valence-electron chi connectivity index (χ2n) is 7.57. The number of phenolic OH excluding ortho intramolecular Hbond substituents is 1. The summed E-state index contributed by atoms with van der Waals surface area (Å²) in [5.41, 5.74) is 0.551. The van der Waals surface area contributed by atoms with E-state index in [1.807, 2.05) is 13.1 Å². The van der Waals surface area contributed by atoms with Gasteiger partial charge in [0.2, 0.25) is 5.91 Å². The maximum atomic E-state index is 13.0. The molecule has 9 nitrogen and oxygen atoms in total. The van der Waals surface area contributed by atoms with Gasteiger partial charge in [0.1, 0.15) is 17.6 Å². The predicted octanol–water partition coefficient (Wildman–Crippen LogP) is 2.71. The van der Waals surface area contributed by atoms with Crippen molar-refractivity contribution < 1.29 is 29.0 Å². The molecule has 2 aromatic carbocycles. The molecule has 2 rings (SSSR count). The quantitative estimate of drug-likeness (QED) is 0.234. The average molecular weight is 526 g/mol. The van der Waals surface area contributed by atoms with Gasteiger partial charge in [0.15, 0.2) is 11.5 Å². The van der Waals surface area contributed by atoms with Crippen molar-refractivity contribution in [2.24, 2.45) is 0 Å². The van der Waals surface area contributed by atoms with Crippen molar-refractivity contribution in [3.8, 4) is 11.5 Å². The number of ether oxygens (including phenoxy) is 2. The third-order valence-electron chi connectivity index (χ3n) is 5.00. The summed E-state index contributed by atoms with van der Waals surface area (Å²) in [6.45, 7) is 0.790. The van der Waals surface area contributed by atoms with E-state index < -0.39 is 29.6 Å². The van der Waals surface area contributed by atoms with Gasteiger partial charge in [0, 0.05) is 6.42 Å². The van der Waals surface area contributed by atoms with E-state index >= 15 is 0 Å². The fourth-order valence-electron chi connectivity index (χ4n) is 3.12. The molecular weight excluding hydrogens is 497 g/mol. The molecule has 0 aliphatic heterocycles. The van der Waals surface area contributed by atoms with Gasteiger partial charge in [-0.2, -0.15) is 0 Å². The number of phenols is 1. The second kappa shape index (κ2) is 14.4. The number of carbonyl (C=O) groups is 3. The van der Waals surface area contributed by atoms with Crippen LogP contribution in [0.15, 0.2) is 36.4 Å². The summed E-state index contributed by atoms with van der Waals surface area (Å²) < 4.78 is 10.1. The van der Waals surface area contributed by atoms with E-state index in [0.29, 0.717) is 6.61 Å². The Morgan fingerprint density at radius 1 is 1.11 bits per heavy atom. The number of nitrogens with one attached hydrogen (secondary N) is 3. The molecule has 0 spiro atoms. The first kappa shape index (κ1) is 28.2. The summed E-state index contributed by atoms with van der Waals surface area (Å²) in [7, 11) is 3.05. The standard InChI is InChI=1S/C24H29Cl2N3O6/c1-27-10-6-7-11-35-22-17(25)13-16(21(31)20(22)26)23(32)29-18(12-15-8-4-3-5-9-15)24(33)28-14-19(30)34-2/h3-5,8-9,13,18,27,31H,6-7,10-12,14H2,1-2H3,(H,28,33)(H,29,32)/t18-/m0/s1. The van der Waals surface area contributed by atoms with Crippen LogP contribution in [-0.4, -0.2) is 62.8 Å². The molecule has 0 bridgehead atoms. The first-order valence-electron chi connectivity index (χ1n) is 11.0. The van der Waals surface area contributed by atoms with Gasteiger partial charge < -0.3 is 30.5 Å². The predicted molar refractivity (Wildman–Crippen MR) is 133 cm³/mol. The lowest BCUT2D eigenvalue weighted by Crippen LogP contribution is -2.49. The molecular formula is C24H29Cl2N3O6. The van der Waals surface area contributed by atoms with Crippen LogP contribution in [0.25, 0.3) is 0 Å². The van der Waals surface area contributed by atoms with Crippen molar-refractivity contribution >= 4 is 41.0 Å². The van der Waals surface area contributed by atoms with Gasteiger partial charge in [-0.25, -0.2) is 0 Å². The molecule has 1 atom stereocenters. The lowest BCUT2D eigenvalue weighted by atomic mass is 10.0. The highest BCUT2D eigenvalue weighted by Gasteiger charge is 2.26. The fourth-order valence-corrected chi connectivity index (χ4v) is 3.69. The number of carbonyl (C=O) groups excluding carboxylic acids is 3. The second-order valence-corrected chi connectivity index (χ2v) is 8.35. The van der Waals surface area contributed by atoms with Crippen molar-refractivity contribution in [1.82, 2.24) is 16.0 Å². The van der Waals surface area contributed by atoms with Crippen LogP contribution in [0.3, 0.4) is 0 Å². The average Bonchev–Trinajstić information content (AvgIpc) is 2.86. The number of unbranched alkanes of at least 4 members (excludes halogenated alkanes) is 1. The molecule has 2 amide bonds. The van der Waals surface area contributed by atoms with Crippen LogP contribution in [0.5, 0.6) is 11.5 Å². The number of benzene rings is 2. The molecule has 0 heterocycles. The van der Waals surface area contributed by atoms with Crippen molar-refractivity contribution in [3.05, 3.63) is 57.6 Å². The Morgan fingerprint density at radius 2 is 1.83 bits per heavy atom. The summed E-state index contributed by atoms with van der Waals surface area (Å²) in [5, 5.41) is 18.4. The monoisotopic (exact) mass is 525 g/mol. The maximum absolute atomic E-state index is 13.0. The highest BCUT2D eigenvalue weighted by Crippen LogP contribution is 2.42. The number of hydrogen-bond acceptors (Lipinski definition) is 7. The number of esters is 1. The lowest BCUT2D eigenvalue weighted by molar-refractivity contribution is -0.141. The van der Waals surface area contributed by atoms with E-state index in [1.165, 1.54) is 13.2 Å². The molecule has 0 aliphatic rings. The highest BCUT2D eigenvalue weighted by atomic mass is 35.5. The van der Waals surface area contributed by atoms with Crippen molar-refractivity contribution in [2.45, 2.75) is 25.3 Å². The first-order chi connectivity index (χ1) is 16.8. The van der Waals surface area contributed by atoms with Gasteiger partial charge in [0.25, 0.3) is 5.91 Å². The van der Waals surface area contributed by atoms with Crippen LogP contribution in [0, 0.1) is 0 Å². The molecule has 4 N–H and O–H groups in total. The van der Waals surface area contributed by atoms with Crippen LogP contribution >= 0.6 is 23.2 Å². The molecule has 0 aliphatic carbocycles. The van der Waals surface area contributed by atoms with Crippen molar-refractivity contribution in [1.29, 1.82) is 0 Å². The SMILES string of the molecule is CNCCCCOc1c(Cl)cc(C(=O)N[C@@H](Cc2ccccc2)C(=O)NCC(=O)OC)c(O)c1Cl. The van der Waals surface area contributed by atoms with E-state index in [1.54, 1.807) is 24.3 Å². The van der Waals surface area contributed by atoms with Gasteiger partial charge in [0.05, 0.1) is 24.3 Å². The van der Waals surface area contributed by atoms with Gasteiger partial charge in [-0.3, -0.25) is 14.4 Å². The Hall–Kier alpha value is -3.01. The molecule has 0 radical (unpaired) electrons. The molecule has 35 heavy (non-hydrogen) atoms. The van der Waals surface area contributed by atoms with E-state index in [2.05, 4.69) is 20.7 Å². The van der Waals surface area contributed by atoms with Gasteiger partial charge >= 0.3 is 5.97 Å². The third kappa shape index (κ3) is 8.61. The fraction of sp³-hybridized carbons (Fsp3) is 0.375. The highest BCUT2D eigenvalue weighted by molar-refractivity contribution is 6.39. The van der Waals surface area contributed by atoms with Gasteiger partial charge in [-0.1, -0.05) is 53.5 Å². The Kier molecular flexibility index (Phi) is 11.6. The summed E-state index contributed by atoms with van der Waals surface area (Å²) in [6.07, 6.45) is 1.74. The number of amides is 2. The van der Waals surface area contributed by atoms with Gasteiger partial charge in [-0.15, -0.1) is 0 Å². The topological polar surface area (TPSA) is 126 Å². The molecule has 0 aromatic heterocycles. The normalized spacial score (nSPS) is 11.4. The zero-order valence-corrected chi connectivity index (χ0v) is 21.0. The molecule has 2 aromatic rings. The summed E-state index contributed by atoms with van der Waals surface area (Å²) >= 11 is 12.5. The molecule has 0 saturated heterocycles. The number of methoxy groups -OCH3 is 1. The van der Waals surface area contributed by atoms with Crippen LogP contribution in [0.2, 0.25) is 10.0 Å². The van der Waals surface area contributed by atoms with Crippen LogP contribution in [-0.2, 0) is 20.7 Å². The zero-order chi connectivity index (χ0) is 25.8. The van der Waals surface area contributed by atoms with Crippen molar-refractivity contribution in [2.75, 3.05) is 33.9 Å². The zero-order valence-electron chi connectivity index (χ0n) is 19.5. The van der Waals surface area contributed by atoms with Crippen molar-refractivity contribution in [3.63, 3.8) is 0 Å². The van der Waals surface area contributed by atoms with Gasteiger partial charge in [-0.05, 0) is 38.1 Å². The Bertz CT molecular complexity index is 1020. The van der Waals surface area contributed by atoms with E-state index in [-0.39, 0.29) is 34.3 Å². The lowest BCUT2D eigenvalue weighted by Gasteiger charge is -2.20. The molecule has 0 fully saturated rings. The number of rotatable bonds is 13. The Labute approximate surface area is 214 Å². The minimum Gasteiger partial charge on any atom is -0.505 e. The van der Waals surface area contributed by atoms with E-state index in [9.17, 15) is 19.5 Å². The minimum atomic E-state index is -1.06. The molecule has 11 heteroatoms.